The van der Waals surface area contributed by atoms with Gasteiger partial charge in [-0.1, -0.05) is 197 Å². The minimum atomic E-state index is -1.68. The first-order valence-electron chi connectivity index (χ1n) is 27.7. The summed E-state index contributed by atoms with van der Waals surface area (Å²) in [7, 11) is 0. The summed E-state index contributed by atoms with van der Waals surface area (Å²) in [5.74, 6) is -0.717. The van der Waals surface area contributed by atoms with Crippen LogP contribution in [0.2, 0.25) is 0 Å². The van der Waals surface area contributed by atoms with Crippen molar-refractivity contribution >= 4 is 5.91 Å². The second-order valence-corrected chi connectivity index (χ2v) is 19.3. The number of hydrogen-bond acceptors (Lipinski definition) is 10. The lowest BCUT2D eigenvalue weighted by Gasteiger charge is -2.40. The second kappa shape index (κ2) is 45.9. The van der Waals surface area contributed by atoms with Gasteiger partial charge in [-0.25, -0.2) is 0 Å². The topological polar surface area (TPSA) is 189 Å². The molecule has 0 radical (unpaired) electrons. The van der Waals surface area contributed by atoms with Crippen molar-refractivity contribution in [1.29, 1.82) is 0 Å². The number of carbonyl (C=O) groups is 1. The third-order valence-corrected chi connectivity index (χ3v) is 13.0. The normalized spacial score (nSPS) is 21.0. The molecule has 1 heterocycles. The highest BCUT2D eigenvalue weighted by Gasteiger charge is 2.44. The van der Waals surface area contributed by atoms with E-state index in [2.05, 4.69) is 79.9 Å². The molecule has 9 atom stereocenters. The molecule has 0 aromatic heterocycles. The molecule has 11 nitrogen and oxygen atoms in total. The van der Waals surface area contributed by atoms with Crippen LogP contribution in [0, 0.1) is 0 Å². The highest BCUT2D eigenvalue weighted by atomic mass is 16.7. The van der Waals surface area contributed by atoms with Gasteiger partial charge >= 0.3 is 0 Å². The SMILES string of the molecule is CCCC/C=C/CC/C=C/CC/C=C/CCCC(O)C(O)C(COC1OC(CO)C(O)C(O)C1O)NC(=O)C(O)CCCCCCCCCCCC/C=C\C/C=C\CCCCCCCCCCC. The molecule has 11 heteroatoms. The fourth-order valence-electron chi connectivity index (χ4n) is 8.43. The highest BCUT2D eigenvalue weighted by Crippen LogP contribution is 2.23. The Balaban J connectivity index is 2.34. The first-order chi connectivity index (χ1) is 33.2. The van der Waals surface area contributed by atoms with Gasteiger partial charge in [-0.2, -0.15) is 0 Å². The van der Waals surface area contributed by atoms with E-state index in [1.54, 1.807) is 0 Å². The van der Waals surface area contributed by atoms with Gasteiger partial charge in [0.25, 0.3) is 0 Å². The van der Waals surface area contributed by atoms with Crippen molar-refractivity contribution in [3.63, 3.8) is 0 Å². The average Bonchev–Trinajstić information content (AvgIpc) is 3.34. The van der Waals surface area contributed by atoms with Crippen LogP contribution in [0.15, 0.2) is 60.8 Å². The molecule has 396 valence electrons. The highest BCUT2D eigenvalue weighted by molar-refractivity contribution is 5.80. The van der Waals surface area contributed by atoms with Crippen molar-refractivity contribution in [2.75, 3.05) is 13.2 Å². The van der Waals surface area contributed by atoms with E-state index in [9.17, 15) is 40.5 Å². The summed E-state index contributed by atoms with van der Waals surface area (Å²) >= 11 is 0. The molecule has 0 aromatic rings. The molecule has 68 heavy (non-hydrogen) atoms. The van der Waals surface area contributed by atoms with Crippen LogP contribution in [0.3, 0.4) is 0 Å². The Labute approximate surface area is 414 Å². The molecule has 8 N–H and O–H groups in total. The van der Waals surface area contributed by atoms with Crippen LogP contribution in [0.5, 0.6) is 0 Å². The number of carbonyl (C=O) groups excluding carboxylic acids is 1. The molecule has 0 bridgehead atoms. The number of hydrogen-bond donors (Lipinski definition) is 8. The molecule has 1 aliphatic heterocycles. The largest absolute Gasteiger partial charge is 0.394 e. The van der Waals surface area contributed by atoms with Crippen molar-refractivity contribution in [3.05, 3.63) is 60.8 Å². The summed E-state index contributed by atoms with van der Waals surface area (Å²) in [6.45, 7) is 3.38. The zero-order chi connectivity index (χ0) is 49.7. The number of nitrogens with one attached hydrogen (secondary N) is 1. The summed E-state index contributed by atoms with van der Waals surface area (Å²) in [6.07, 6.45) is 47.0. The standard InChI is InChI=1S/C57H103NO10/c1-3-5-7-9-11-13-15-17-19-20-21-22-23-24-25-26-27-28-29-31-33-35-37-39-41-43-45-50(61)56(66)58-48(47-67-57-55(65)54(64)53(63)51(46-59)68-57)52(62)49(60)44-42-40-38-36-34-32-30-18-16-14-12-10-8-6-4-2/h10,12,18,21-22,24-25,30,36,38,48-55,57,59-65H,3-9,11,13-17,19-20,23,26-29,31-35,37,39-47H2,1-2H3,(H,58,66)/b12-10+,22-21-,25-24-,30-18+,38-36+. The number of amides is 1. The Hall–Kier alpha value is -2.19. The number of rotatable bonds is 46. The van der Waals surface area contributed by atoms with Gasteiger partial charge in [0.2, 0.25) is 5.91 Å². The van der Waals surface area contributed by atoms with Crippen molar-refractivity contribution in [3.8, 4) is 0 Å². The van der Waals surface area contributed by atoms with Crippen molar-refractivity contribution in [1.82, 2.24) is 5.32 Å². The van der Waals surface area contributed by atoms with Crippen LogP contribution < -0.4 is 5.32 Å². The van der Waals surface area contributed by atoms with Gasteiger partial charge in [0.05, 0.1) is 25.4 Å². The van der Waals surface area contributed by atoms with E-state index in [0.29, 0.717) is 19.3 Å². The number of aliphatic hydroxyl groups excluding tert-OH is 7. The Morgan fingerprint density at radius 1 is 0.515 bits per heavy atom. The Kier molecular flexibility index (Phi) is 43.1. The van der Waals surface area contributed by atoms with Crippen LogP contribution in [0.1, 0.15) is 226 Å². The fourth-order valence-corrected chi connectivity index (χ4v) is 8.43. The summed E-state index contributed by atoms with van der Waals surface area (Å²) in [5.41, 5.74) is 0. The predicted molar refractivity (Wildman–Crippen MR) is 279 cm³/mol. The molecule has 1 rings (SSSR count). The molecular formula is C57H103NO10. The predicted octanol–water partition coefficient (Wildman–Crippen LogP) is 11.1. The maximum atomic E-state index is 13.2. The number of unbranched alkanes of at least 4 members (excludes halogenated alkanes) is 24. The molecular weight excluding hydrogens is 859 g/mol. The van der Waals surface area contributed by atoms with Gasteiger partial charge in [0.1, 0.15) is 36.6 Å². The van der Waals surface area contributed by atoms with Gasteiger partial charge in [-0.15, -0.1) is 0 Å². The Bertz CT molecular complexity index is 1290. The average molecular weight is 962 g/mol. The van der Waals surface area contributed by atoms with E-state index < -0.39 is 74.2 Å². The van der Waals surface area contributed by atoms with Crippen LogP contribution >= 0.6 is 0 Å². The van der Waals surface area contributed by atoms with E-state index in [0.717, 1.165) is 64.2 Å². The number of ether oxygens (including phenoxy) is 2. The van der Waals surface area contributed by atoms with Crippen molar-refractivity contribution < 1.29 is 50.0 Å². The fraction of sp³-hybridized carbons (Fsp3) is 0.807. The molecule has 1 amide bonds. The van der Waals surface area contributed by atoms with Gasteiger partial charge < -0.3 is 50.5 Å². The molecule has 1 aliphatic rings. The number of allylic oxidation sites excluding steroid dienone is 10. The van der Waals surface area contributed by atoms with Gasteiger partial charge in [-0.3, -0.25) is 4.79 Å². The smallest absolute Gasteiger partial charge is 0.249 e. The lowest BCUT2D eigenvalue weighted by Crippen LogP contribution is -2.60. The van der Waals surface area contributed by atoms with E-state index in [1.807, 2.05) is 0 Å². The summed E-state index contributed by atoms with van der Waals surface area (Å²) < 4.78 is 11.1. The van der Waals surface area contributed by atoms with Crippen LogP contribution in [-0.2, 0) is 14.3 Å². The summed E-state index contributed by atoms with van der Waals surface area (Å²) in [6, 6.07) is -1.20. The van der Waals surface area contributed by atoms with E-state index in [-0.39, 0.29) is 12.8 Å². The van der Waals surface area contributed by atoms with E-state index in [1.165, 1.54) is 116 Å². The van der Waals surface area contributed by atoms with Gasteiger partial charge in [0.15, 0.2) is 6.29 Å². The third-order valence-electron chi connectivity index (χ3n) is 13.0. The monoisotopic (exact) mass is 962 g/mol. The minimum Gasteiger partial charge on any atom is -0.394 e. The zero-order valence-electron chi connectivity index (χ0n) is 43.1. The van der Waals surface area contributed by atoms with Crippen molar-refractivity contribution in [2.24, 2.45) is 0 Å². The molecule has 0 saturated carbocycles. The molecule has 1 saturated heterocycles. The van der Waals surface area contributed by atoms with Crippen molar-refractivity contribution in [2.45, 2.75) is 281 Å². The zero-order valence-corrected chi connectivity index (χ0v) is 43.1. The maximum Gasteiger partial charge on any atom is 0.249 e. The first-order valence-corrected chi connectivity index (χ1v) is 27.7. The van der Waals surface area contributed by atoms with E-state index in [4.69, 9.17) is 9.47 Å². The minimum absolute atomic E-state index is 0.238. The maximum absolute atomic E-state index is 13.2. The lowest BCUT2D eigenvalue weighted by molar-refractivity contribution is -0.303. The first kappa shape index (κ1) is 63.8. The molecule has 0 aromatic carbocycles. The molecule has 0 spiro atoms. The van der Waals surface area contributed by atoms with Gasteiger partial charge in [-0.05, 0) is 89.9 Å². The lowest BCUT2D eigenvalue weighted by atomic mass is 9.98. The molecule has 9 unspecified atom stereocenters. The van der Waals surface area contributed by atoms with Crippen LogP contribution in [0.25, 0.3) is 0 Å². The van der Waals surface area contributed by atoms with Crippen LogP contribution in [-0.4, -0.2) is 110 Å². The quantitative estimate of drug-likeness (QED) is 0.0215. The molecule has 0 aliphatic carbocycles. The Morgan fingerprint density at radius 3 is 1.44 bits per heavy atom. The Morgan fingerprint density at radius 2 is 0.941 bits per heavy atom. The summed E-state index contributed by atoms with van der Waals surface area (Å²) in [4.78, 5) is 13.2. The van der Waals surface area contributed by atoms with Crippen LogP contribution in [0.4, 0.5) is 0 Å². The number of aliphatic hydroxyl groups is 7. The van der Waals surface area contributed by atoms with E-state index >= 15 is 0 Å². The van der Waals surface area contributed by atoms with Gasteiger partial charge in [0, 0.05) is 0 Å². The third kappa shape index (κ3) is 34.2. The summed E-state index contributed by atoms with van der Waals surface area (Å²) in [5, 5.41) is 75.9. The molecule has 1 fully saturated rings. The second-order valence-electron chi connectivity index (χ2n) is 19.3.